The molecule has 6 N–H and O–H groups in total. The molecule has 0 unspecified atom stereocenters. The van der Waals surface area contributed by atoms with E-state index in [1.165, 1.54) is 0 Å². The lowest BCUT2D eigenvalue weighted by molar-refractivity contribution is 0.256. The Hall–Kier alpha value is -4.00. The molecular formula is C22H23N5O2. The van der Waals surface area contributed by atoms with E-state index < -0.39 is 0 Å². The van der Waals surface area contributed by atoms with Crippen LogP contribution in [0.1, 0.15) is 11.1 Å². The molecule has 0 spiro atoms. The van der Waals surface area contributed by atoms with E-state index >= 15 is 0 Å². The number of guanidine groups is 2. The average Bonchev–Trinajstić information content (AvgIpc) is 2.72. The van der Waals surface area contributed by atoms with Gasteiger partial charge in [-0.1, -0.05) is 60.7 Å². The Kier molecular flexibility index (Phi) is 6.67. The van der Waals surface area contributed by atoms with Crippen LogP contribution in [0.5, 0.6) is 11.5 Å². The van der Waals surface area contributed by atoms with Crippen molar-refractivity contribution in [1.29, 1.82) is 10.8 Å². The molecule has 3 rings (SSSR count). The van der Waals surface area contributed by atoms with Crippen molar-refractivity contribution in [3.05, 3.63) is 90.0 Å². The SMILES string of the molecule is N=C(N)NC(=N)Nc1ccc(OCc2ccccc2)c(OCc2ccccc2)c1. The van der Waals surface area contributed by atoms with Gasteiger partial charge in [-0.2, -0.15) is 0 Å². The maximum absolute atomic E-state index is 7.80. The highest BCUT2D eigenvalue weighted by Gasteiger charge is 2.09. The predicted molar refractivity (Wildman–Crippen MR) is 114 cm³/mol. The van der Waals surface area contributed by atoms with Gasteiger partial charge in [0.05, 0.1) is 0 Å². The number of hydrogen-bond acceptors (Lipinski definition) is 4. The van der Waals surface area contributed by atoms with Gasteiger partial charge in [0.2, 0.25) is 0 Å². The van der Waals surface area contributed by atoms with Crippen molar-refractivity contribution >= 4 is 17.6 Å². The molecule has 3 aromatic carbocycles. The Labute approximate surface area is 169 Å². The quantitative estimate of drug-likeness (QED) is 0.312. The summed E-state index contributed by atoms with van der Waals surface area (Å²) < 4.78 is 12.0. The largest absolute Gasteiger partial charge is 0.485 e. The summed E-state index contributed by atoms with van der Waals surface area (Å²) in [7, 11) is 0. The Morgan fingerprint density at radius 2 is 1.31 bits per heavy atom. The molecule has 0 saturated carbocycles. The van der Waals surface area contributed by atoms with Crippen LogP contribution in [0, 0.1) is 10.8 Å². The van der Waals surface area contributed by atoms with Crippen LogP contribution in [-0.2, 0) is 13.2 Å². The Morgan fingerprint density at radius 3 is 1.86 bits per heavy atom. The number of benzene rings is 3. The molecule has 3 aromatic rings. The summed E-state index contributed by atoms with van der Waals surface area (Å²) in [6.07, 6.45) is 0. The normalized spacial score (nSPS) is 10.1. The summed E-state index contributed by atoms with van der Waals surface area (Å²) in [5, 5.41) is 20.2. The molecule has 0 bridgehead atoms. The number of nitrogens with two attached hydrogens (primary N) is 1. The minimum absolute atomic E-state index is 0.107. The van der Waals surface area contributed by atoms with E-state index in [9.17, 15) is 0 Å². The van der Waals surface area contributed by atoms with Gasteiger partial charge < -0.3 is 20.5 Å². The third kappa shape index (κ3) is 6.28. The Balaban J connectivity index is 1.75. The van der Waals surface area contributed by atoms with Crippen molar-refractivity contribution in [2.75, 3.05) is 5.32 Å². The van der Waals surface area contributed by atoms with Crippen LogP contribution >= 0.6 is 0 Å². The van der Waals surface area contributed by atoms with Gasteiger partial charge >= 0.3 is 0 Å². The van der Waals surface area contributed by atoms with Crippen LogP contribution < -0.4 is 25.8 Å². The minimum atomic E-state index is -0.314. The first-order valence-corrected chi connectivity index (χ1v) is 9.04. The fraction of sp³-hybridized carbons (Fsp3) is 0.0909. The van der Waals surface area contributed by atoms with Gasteiger partial charge in [0, 0.05) is 11.8 Å². The summed E-state index contributed by atoms with van der Waals surface area (Å²) in [5.41, 5.74) is 7.95. The van der Waals surface area contributed by atoms with E-state index in [1.807, 2.05) is 60.7 Å². The molecule has 0 fully saturated rings. The van der Waals surface area contributed by atoms with Crippen LogP contribution in [0.2, 0.25) is 0 Å². The van der Waals surface area contributed by atoms with Gasteiger partial charge in [-0.25, -0.2) is 0 Å². The van der Waals surface area contributed by atoms with E-state index in [-0.39, 0.29) is 11.9 Å². The maximum Gasteiger partial charge on any atom is 0.199 e. The third-order valence-corrected chi connectivity index (χ3v) is 3.95. The summed E-state index contributed by atoms with van der Waals surface area (Å²) in [5.74, 6) is 0.724. The highest BCUT2D eigenvalue weighted by molar-refractivity contribution is 6.02. The van der Waals surface area contributed by atoms with E-state index in [2.05, 4.69) is 10.6 Å². The molecule has 148 valence electrons. The standard InChI is InChI=1S/C22H23N5O2/c23-21(24)27-22(25)26-18-11-12-19(28-14-16-7-3-1-4-8-16)20(13-18)29-15-17-9-5-2-6-10-17/h1-13H,14-15H2,(H6,23,24,25,26,27). The van der Waals surface area contributed by atoms with Crippen LogP contribution in [0.4, 0.5) is 5.69 Å². The number of nitrogens with one attached hydrogen (secondary N) is 4. The van der Waals surface area contributed by atoms with Crippen LogP contribution in [-0.4, -0.2) is 11.9 Å². The molecule has 0 aromatic heterocycles. The highest BCUT2D eigenvalue weighted by Crippen LogP contribution is 2.32. The first-order valence-electron chi connectivity index (χ1n) is 9.04. The topological polar surface area (TPSA) is 116 Å². The first kappa shape index (κ1) is 19.8. The molecule has 7 nitrogen and oxygen atoms in total. The summed E-state index contributed by atoms with van der Waals surface area (Å²) in [4.78, 5) is 0. The van der Waals surface area contributed by atoms with Gasteiger partial charge in [-0.05, 0) is 23.3 Å². The molecule has 0 radical (unpaired) electrons. The van der Waals surface area contributed by atoms with Gasteiger partial charge in [0.1, 0.15) is 13.2 Å². The minimum Gasteiger partial charge on any atom is -0.485 e. The van der Waals surface area contributed by atoms with Crippen LogP contribution in [0.25, 0.3) is 0 Å². The van der Waals surface area contributed by atoms with Crippen LogP contribution in [0.15, 0.2) is 78.9 Å². The maximum atomic E-state index is 7.80. The lowest BCUT2D eigenvalue weighted by Crippen LogP contribution is -2.39. The van der Waals surface area contributed by atoms with Gasteiger partial charge in [-0.15, -0.1) is 0 Å². The first-order chi connectivity index (χ1) is 14.1. The number of anilines is 1. The molecule has 0 atom stereocenters. The number of hydrogen-bond donors (Lipinski definition) is 5. The fourth-order valence-electron chi connectivity index (χ4n) is 2.60. The van der Waals surface area contributed by atoms with Gasteiger partial charge in [0.15, 0.2) is 23.4 Å². The van der Waals surface area contributed by atoms with E-state index in [0.717, 1.165) is 11.1 Å². The zero-order valence-corrected chi connectivity index (χ0v) is 15.8. The summed E-state index contributed by atoms with van der Waals surface area (Å²) in [6, 6.07) is 25.0. The molecule has 0 aliphatic rings. The lowest BCUT2D eigenvalue weighted by atomic mass is 10.2. The monoisotopic (exact) mass is 389 g/mol. The molecular weight excluding hydrogens is 366 g/mol. The average molecular weight is 389 g/mol. The van der Waals surface area contributed by atoms with Gasteiger partial charge in [0.25, 0.3) is 0 Å². The second kappa shape index (κ2) is 9.80. The second-order valence-electron chi connectivity index (χ2n) is 6.25. The van der Waals surface area contributed by atoms with E-state index in [4.69, 9.17) is 26.0 Å². The molecule has 0 saturated heterocycles. The lowest BCUT2D eigenvalue weighted by Gasteiger charge is -2.16. The van der Waals surface area contributed by atoms with Crippen molar-refractivity contribution in [3.8, 4) is 11.5 Å². The van der Waals surface area contributed by atoms with Crippen molar-refractivity contribution in [2.45, 2.75) is 13.2 Å². The smallest absolute Gasteiger partial charge is 0.199 e. The van der Waals surface area contributed by atoms with Crippen molar-refractivity contribution in [1.82, 2.24) is 5.32 Å². The Morgan fingerprint density at radius 1 is 0.759 bits per heavy atom. The molecule has 7 heteroatoms. The van der Waals surface area contributed by atoms with E-state index in [0.29, 0.717) is 30.4 Å². The molecule has 0 aliphatic heterocycles. The second-order valence-corrected chi connectivity index (χ2v) is 6.25. The Bertz CT molecular complexity index is 961. The van der Waals surface area contributed by atoms with Crippen molar-refractivity contribution in [3.63, 3.8) is 0 Å². The summed E-state index contributed by atoms with van der Waals surface area (Å²) in [6.45, 7) is 0.798. The predicted octanol–water partition coefficient (Wildman–Crippen LogP) is 3.67. The molecule has 0 heterocycles. The third-order valence-electron chi connectivity index (χ3n) is 3.95. The molecule has 0 amide bonds. The van der Waals surface area contributed by atoms with Gasteiger partial charge in [-0.3, -0.25) is 16.1 Å². The number of ether oxygens (including phenoxy) is 2. The van der Waals surface area contributed by atoms with Crippen molar-refractivity contribution < 1.29 is 9.47 Å². The molecule has 29 heavy (non-hydrogen) atoms. The summed E-state index contributed by atoms with van der Waals surface area (Å²) >= 11 is 0. The zero-order valence-electron chi connectivity index (χ0n) is 15.8. The highest BCUT2D eigenvalue weighted by atomic mass is 16.5. The van der Waals surface area contributed by atoms with Crippen molar-refractivity contribution in [2.24, 2.45) is 5.73 Å². The zero-order chi connectivity index (χ0) is 20.5. The van der Waals surface area contributed by atoms with Crippen LogP contribution in [0.3, 0.4) is 0 Å². The molecule has 0 aliphatic carbocycles. The number of rotatable bonds is 7. The fourth-order valence-corrected chi connectivity index (χ4v) is 2.60. The van der Waals surface area contributed by atoms with E-state index in [1.54, 1.807) is 18.2 Å².